The van der Waals surface area contributed by atoms with Gasteiger partial charge in [0, 0.05) is 19.5 Å². The first kappa shape index (κ1) is 15.6. The summed E-state index contributed by atoms with van der Waals surface area (Å²) in [4.78, 5) is 0. The van der Waals surface area contributed by atoms with Crippen molar-refractivity contribution in [1.29, 1.82) is 0 Å². The summed E-state index contributed by atoms with van der Waals surface area (Å²) in [6, 6.07) is 0. The van der Waals surface area contributed by atoms with E-state index in [4.69, 9.17) is 17.5 Å². The van der Waals surface area contributed by atoms with Gasteiger partial charge in [0.2, 0.25) is 0 Å². The van der Waals surface area contributed by atoms with E-state index in [0.717, 1.165) is 0 Å². The Kier molecular flexibility index (Phi) is 10.5. The first-order valence-electron chi connectivity index (χ1n) is 0.698. The SMILES string of the molecule is B.O=S(=O)(O)O.[Zn]. The zero-order chi connectivity index (χ0) is 4.50. The van der Waals surface area contributed by atoms with Crippen molar-refractivity contribution in [2.75, 3.05) is 0 Å². The molecule has 7 heavy (non-hydrogen) atoms. The molecule has 0 amide bonds. The molecule has 0 aliphatic rings. The Hall–Kier alpha value is 0.558. The average Bonchev–Trinajstić information content (AvgIpc) is 0.722. The maximum atomic E-state index is 8.74. The normalized spacial score (nSPS) is 8.29. The number of rotatable bonds is 0. The van der Waals surface area contributed by atoms with Gasteiger partial charge >= 0.3 is 10.4 Å². The average molecular weight is 177 g/mol. The molecule has 2 N–H and O–H groups in total. The second-order valence-corrected chi connectivity index (χ2v) is 1.34. The van der Waals surface area contributed by atoms with Gasteiger partial charge in [-0.1, -0.05) is 0 Å². The van der Waals surface area contributed by atoms with E-state index in [9.17, 15) is 0 Å². The molecule has 0 atom stereocenters. The predicted octanol–water partition coefficient (Wildman–Crippen LogP) is -1.84. The quantitative estimate of drug-likeness (QED) is 0.337. The van der Waals surface area contributed by atoms with Crippen LogP contribution in [-0.2, 0) is 29.9 Å². The molecule has 0 aliphatic carbocycles. The maximum absolute atomic E-state index is 8.74. The molecule has 0 heterocycles. The molecule has 0 radical (unpaired) electrons. The summed E-state index contributed by atoms with van der Waals surface area (Å²) >= 11 is 0. The van der Waals surface area contributed by atoms with Crippen LogP contribution >= 0.6 is 0 Å². The van der Waals surface area contributed by atoms with Crippen LogP contribution in [0.3, 0.4) is 0 Å². The molecule has 0 spiro atoms. The molecule has 0 rings (SSSR count). The maximum Gasteiger partial charge on any atom is 0.394 e. The van der Waals surface area contributed by atoms with Crippen LogP contribution in [0.25, 0.3) is 0 Å². The van der Waals surface area contributed by atoms with Gasteiger partial charge in [0.05, 0.1) is 8.41 Å². The van der Waals surface area contributed by atoms with Crippen molar-refractivity contribution in [2.45, 2.75) is 0 Å². The van der Waals surface area contributed by atoms with Gasteiger partial charge in [-0.05, 0) is 0 Å². The molecular formula is H5BO4SZn. The molecule has 7 heteroatoms. The molecule has 0 fully saturated rings. The second-order valence-electron chi connectivity index (χ2n) is 0.448. The van der Waals surface area contributed by atoms with Crippen molar-refractivity contribution in [3.8, 4) is 0 Å². The largest absolute Gasteiger partial charge is 0.394 e. The topological polar surface area (TPSA) is 74.6 Å². The number of hydrogen-bond acceptors (Lipinski definition) is 2. The zero-order valence-corrected chi connectivity index (χ0v) is 6.61. The van der Waals surface area contributed by atoms with E-state index >= 15 is 0 Å². The molecule has 40 valence electrons. The van der Waals surface area contributed by atoms with E-state index in [1.165, 1.54) is 0 Å². The third kappa shape index (κ3) is 437. The summed E-state index contributed by atoms with van der Waals surface area (Å²) in [6.07, 6.45) is 0. The van der Waals surface area contributed by atoms with Crippen molar-refractivity contribution < 1.29 is 37.0 Å². The Morgan fingerprint density at radius 1 is 1.14 bits per heavy atom. The molecule has 0 aromatic heterocycles. The smallest absolute Gasteiger partial charge is 0.264 e. The second kappa shape index (κ2) is 4.71. The van der Waals surface area contributed by atoms with Crippen molar-refractivity contribution >= 4 is 18.8 Å². The fourth-order valence-corrected chi connectivity index (χ4v) is 0. The first-order chi connectivity index (χ1) is 2.00. The van der Waals surface area contributed by atoms with E-state index in [-0.39, 0.29) is 27.9 Å². The minimum atomic E-state index is -4.67. The Morgan fingerprint density at radius 2 is 1.14 bits per heavy atom. The third-order valence-electron chi connectivity index (χ3n) is 0. The summed E-state index contributed by atoms with van der Waals surface area (Å²) in [6.45, 7) is 0. The van der Waals surface area contributed by atoms with Gasteiger partial charge in [-0.25, -0.2) is 0 Å². The van der Waals surface area contributed by atoms with Crippen LogP contribution in [0.15, 0.2) is 0 Å². The Morgan fingerprint density at radius 3 is 1.14 bits per heavy atom. The van der Waals surface area contributed by atoms with Crippen LogP contribution in [0, 0.1) is 0 Å². The van der Waals surface area contributed by atoms with E-state index < -0.39 is 10.4 Å². The van der Waals surface area contributed by atoms with Gasteiger partial charge in [-0.2, -0.15) is 8.42 Å². The molecule has 0 aliphatic heterocycles. The molecular weight excluding hydrogens is 172 g/mol. The Bertz CT molecular complexity index is 94.9. The monoisotopic (exact) mass is 176 g/mol. The number of hydrogen-bond donors (Lipinski definition) is 2. The fraction of sp³-hybridized carbons (Fsp3) is 0. The minimum Gasteiger partial charge on any atom is -0.264 e. The first-order valence-corrected chi connectivity index (χ1v) is 2.10. The van der Waals surface area contributed by atoms with Gasteiger partial charge in [0.1, 0.15) is 0 Å². The van der Waals surface area contributed by atoms with Crippen LogP contribution in [-0.4, -0.2) is 25.9 Å². The van der Waals surface area contributed by atoms with Gasteiger partial charge in [-0.3, -0.25) is 9.11 Å². The van der Waals surface area contributed by atoms with Gasteiger partial charge in [-0.15, -0.1) is 0 Å². The van der Waals surface area contributed by atoms with Crippen molar-refractivity contribution in [1.82, 2.24) is 0 Å². The molecule has 0 bridgehead atoms. The van der Waals surface area contributed by atoms with E-state index in [1.807, 2.05) is 0 Å². The Labute approximate surface area is 56.2 Å². The molecule has 0 unspecified atom stereocenters. The summed E-state index contributed by atoms with van der Waals surface area (Å²) in [5, 5.41) is 0. The van der Waals surface area contributed by atoms with Crippen molar-refractivity contribution in [2.24, 2.45) is 0 Å². The van der Waals surface area contributed by atoms with Gasteiger partial charge in [0.25, 0.3) is 0 Å². The summed E-state index contributed by atoms with van der Waals surface area (Å²) in [7, 11) is -4.67. The fourth-order valence-electron chi connectivity index (χ4n) is 0. The van der Waals surface area contributed by atoms with Crippen LogP contribution in [0.5, 0.6) is 0 Å². The summed E-state index contributed by atoms with van der Waals surface area (Å²) < 4.78 is 31.6. The van der Waals surface area contributed by atoms with Crippen LogP contribution in [0.2, 0.25) is 0 Å². The van der Waals surface area contributed by atoms with Crippen molar-refractivity contribution in [3.05, 3.63) is 0 Å². The van der Waals surface area contributed by atoms with E-state index in [1.54, 1.807) is 0 Å². The van der Waals surface area contributed by atoms with Gasteiger partial charge in [0.15, 0.2) is 0 Å². The zero-order valence-electron chi connectivity index (χ0n) is 2.83. The molecule has 0 aromatic carbocycles. The van der Waals surface area contributed by atoms with Gasteiger partial charge < -0.3 is 0 Å². The minimum absolute atomic E-state index is 0. The standard InChI is InChI=1S/BH3.H2O4S.Zn/c;1-5(2,3)4;/h1H3;(H2,1,2,3,4);. The van der Waals surface area contributed by atoms with E-state index in [2.05, 4.69) is 0 Å². The summed E-state index contributed by atoms with van der Waals surface area (Å²) in [5.74, 6) is 0. The molecule has 0 saturated heterocycles. The summed E-state index contributed by atoms with van der Waals surface area (Å²) in [5.41, 5.74) is 0. The van der Waals surface area contributed by atoms with Crippen LogP contribution in [0.1, 0.15) is 0 Å². The molecule has 0 aromatic rings. The predicted molar refractivity (Wildman–Crippen MR) is 24.1 cm³/mol. The van der Waals surface area contributed by atoms with Crippen LogP contribution < -0.4 is 0 Å². The Balaban J connectivity index is -0.0000000800. The van der Waals surface area contributed by atoms with Crippen molar-refractivity contribution in [3.63, 3.8) is 0 Å². The third-order valence-corrected chi connectivity index (χ3v) is 0. The van der Waals surface area contributed by atoms with Crippen LogP contribution in [0.4, 0.5) is 0 Å². The van der Waals surface area contributed by atoms with E-state index in [0.29, 0.717) is 0 Å². The molecule has 4 nitrogen and oxygen atoms in total. The molecule has 0 saturated carbocycles.